The van der Waals surface area contributed by atoms with E-state index in [1.807, 2.05) is 48.5 Å². The number of phenols is 1. The van der Waals surface area contributed by atoms with Crippen molar-refractivity contribution >= 4 is 6.08 Å². The Kier molecular flexibility index (Phi) is 4.62. The second-order valence-corrected chi connectivity index (χ2v) is 5.65. The molecule has 0 amide bonds. The second-order valence-electron chi connectivity index (χ2n) is 5.65. The molecular formula is C23H20O. The molecule has 3 aromatic rings. The van der Waals surface area contributed by atoms with Crippen molar-refractivity contribution in [3.8, 4) is 28.0 Å². The zero-order chi connectivity index (χ0) is 16.9. The maximum absolute atomic E-state index is 10.5. The van der Waals surface area contributed by atoms with Gasteiger partial charge in [-0.25, -0.2) is 0 Å². The molecule has 3 aromatic carbocycles. The van der Waals surface area contributed by atoms with Gasteiger partial charge in [0, 0.05) is 11.1 Å². The first-order valence-electron chi connectivity index (χ1n) is 7.99. The number of hydrogen-bond donors (Lipinski definition) is 1. The Balaban J connectivity index is 2.43. The van der Waals surface area contributed by atoms with E-state index in [-0.39, 0.29) is 5.75 Å². The first-order chi connectivity index (χ1) is 11.8. The third-order valence-electron chi connectivity index (χ3n) is 4.12. The van der Waals surface area contributed by atoms with E-state index < -0.39 is 0 Å². The Morgan fingerprint density at radius 1 is 0.792 bits per heavy atom. The monoisotopic (exact) mass is 312 g/mol. The average Bonchev–Trinajstić information content (AvgIpc) is 2.63. The smallest absolute Gasteiger partial charge is 0.123 e. The molecule has 0 aliphatic rings. The standard InChI is InChI=1S/C23H20O/c1-3-11-19-16-21(24)20(4-2)23(18-14-9-6-10-15-18)22(19)17-12-7-5-8-13-17/h3-10,12-16,24H,1-2,11H2. The highest BCUT2D eigenvalue weighted by molar-refractivity contribution is 5.93. The van der Waals surface area contributed by atoms with Gasteiger partial charge in [0.05, 0.1) is 0 Å². The Morgan fingerprint density at radius 2 is 1.33 bits per heavy atom. The summed E-state index contributed by atoms with van der Waals surface area (Å²) in [6.45, 7) is 7.77. The van der Waals surface area contributed by atoms with Crippen molar-refractivity contribution in [1.82, 2.24) is 0 Å². The minimum absolute atomic E-state index is 0.250. The van der Waals surface area contributed by atoms with Crippen LogP contribution in [0.2, 0.25) is 0 Å². The van der Waals surface area contributed by atoms with Crippen LogP contribution in [-0.4, -0.2) is 5.11 Å². The summed E-state index contributed by atoms with van der Waals surface area (Å²) >= 11 is 0. The number of aromatic hydroxyl groups is 1. The quantitative estimate of drug-likeness (QED) is 0.564. The number of rotatable bonds is 5. The van der Waals surface area contributed by atoms with Crippen LogP contribution in [0.5, 0.6) is 5.75 Å². The van der Waals surface area contributed by atoms with Crippen LogP contribution in [0.3, 0.4) is 0 Å². The predicted octanol–water partition coefficient (Wildman–Crippen LogP) is 6.10. The van der Waals surface area contributed by atoms with E-state index >= 15 is 0 Å². The summed E-state index contributed by atoms with van der Waals surface area (Å²) in [5, 5.41) is 10.5. The summed E-state index contributed by atoms with van der Waals surface area (Å²) < 4.78 is 0. The van der Waals surface area contributed by atoms with Gasteiger partial charge < -0.3 is 5.11 Å². The van der Waals surface area contributed by atoms with E-state index in [2.05, 4.69) is 37.4 Å². The van der Waals surface area contributed by atoms with Gasteiger partial charge in [-0.2, -0.15) is 0 Å². The molecule has 0 bridgehead atoms. The maximum Gasteiger partial charge on any atom is 0.123 e. The topological polar surface area (TPSA) is 20.2 Å². The van der Waals surface area contributed by atoms with Gasteiger partial charge in [-0.3, -0.25) is 0 Å². The van der Waals surface area contributed by atoms with E-state index in [1.165, 1.54) is 0 Å². The second kappa shape index (κ2) is 7.01. The Labute approximate surface area is 143 Å². The first kappa shape index (κ1) is 15.8. The SMILES string of the molecule is C=CCc1cc(O)c(C=C)c(-c2ccccc2)c1-c1ccccc1. The van der Waals surface area contributed by atoms with Crippen LogP contribution in [0.1, 0.15) is 11.1 Å². The summed E-state index contributed by atoms with van der Waals surface area (Å²) in [6.07, 6.45) is 4.28. The van der Waals surface area contributed by atoms with Gasteiger partial charge in [-0.15, -0.1) is 6.58 Å². The van der Waals surface area contributed by atoms with Gasteiger partial charge >= 0.3 is 0 Å². The van der Waals surface area contributed by atoms with Gasteiger partial charge in [0.2, 0.25) is 0 Å². The van der Waals surface area contributed by atoms with E-state index in [1.54, 1.807) is 6.08 Å². The van der Waals surface area contributed by atoms with Gasteiger partial charge in [0.25, 0.3) is 0 Å². The summed E-state index contributed by atoms with van der Waals surface area (Å²) in [5.74, 6) is 0.250. The molecule has 0 aliphatic heterocycles. The zero-order valence-electron chi connectivity index (χ0n) is 13.6. The van der Waals surface area contributed by atoms with Crippen molar-refractivity contribution in [3.63, 3.8) is 0 Å². The molecule has 0 spiro atoms. The van der Waals surface area contributed by atoms with E-state index in [0.717, 1.165) is 33.4 Å². The molecule has 0 fully saturated rings. The maximum atomic E-state index is 10.5. The third kappa shape index (κ3) is 2.89. The summed E-state index contributed by atoms with van der Waals surface area (Å²) in [7, 11) is 0. The van der Waals surface area contributed by atoms with Crippen LogP contribution in [0.4, 0.5) is 0 Å². The summed E-state index contributed by atoms with van der Waals surface area (Å²) in [4.78, 5) is 0. The van der Waals surface area contributed by atoms with E-state index in [0.29, 0.717) is 6.42 Å². The molecule has 118 valence electrons. The molecule has 0 heterocycles. The number of phenolic OH excluding ortho intramolecular Hbond substituents is 1. The molecule has 0 aromatic heterocycles. The number of allylic oxidation sites excluding steroid dienone is 1. The van der Waals surface area contributed by atoms with Crippen molar-refractivity contribution in [2.75, 3.05) is 0 Å². The molecule has 24 heavy (non-hydrogen) atoms. The minimum Gasteiger partial charge on any atom is -0.507 e. The lowest BCUT2D eigenvalue weighted by Crippen LogP contribution is -1.96. The van der Waals surface area contributed by atoms with Crippen LogP contribution in [0.15, 0.2) is 86.0 Å². The molecule has 0 saturated heterocycles. The lowest BCUT2D eigenvalue weighted by Gasteiger charge is -2.19. The fraction of sp³-hybridized carbons (Fsp3) is 0.0435. The lowest BCUT2D eigenvalue weighted by atomic mass is 9.85. The molecule has 1 nitrogen and oxygen atoms in total. The van der Waals surface area contributed by atoms with Gasteiger partial charge in [0.15, 0.2) is 0 Å². The molecule has 0 aliphatic carbocycles. The summed E-state index contributed by atoms with van der Waals surface area (Å²) in [6, 6.07) is 22.2. The molecule has 0 atom stereocenters. The number of hydrogen-bond acceptors (Lipinski definition) is 1. The normalized spacial score (nSPS) is 10.3. The van der Waals surface area contributed by atoms with Crippen molar-refractivity contribution in [2.24, 2.45) is 0 Å². The Hall–Kier alpha value is -3.06. The van der Waals surface area contributed by atoms with E-state index in [4.69, 9.17) is 0 Å². The molecule has 0 unspecified atom stereocenters. The lowest BCUT2D eigenvalue weighted by molar-refractivity contribution is 0.474. The average molecular weight is 312 g/mol. The van der Waals surface area contributed by atoms with Gasteiger partial charge in [-0.1, -0.05) is 79.4 Å². The van der Waals surface area contributed by atoms with Crippen LogP contribution in [0.25, 0.3) is 28.3 Å². The van der Waals surface area contributed by atoms with Crippen LogP contribution < -0.4 is 0 Å². The van der Waals surface area contributed by atoms with Crippen molar-refractivity contribution in [1.29, 1.82) is 0 Å². The number of benzene rings is 3. The van der Waals surface area contributed by atoms with Crippen molar-refractivity contribution < 1.29 is 5.11 Å². The Bertz CT molecular complexity index is 862. The van der Waals surface area contributed by atoms with Crippen molar-refractivity contribution in [2.45, 2.75) is 6.42 Å². The van der Waals surface area contributed by atoms with E-state index in [9.17, 15) is 5.11 Å². The largest absolute Gasteiger partial charge is 0.507 e. The Morgan fingerprint density at radius 3 is 1.83 bits per heavy atom. The molecule has 0 radical (unpaired) electrons. The minimum atomic E-state index is 0.250. The first-order valence-corrected chi connectivity index (χ1v) is 7.99. The fourth-order valence-corrected chi connectivity index (χ4v) is 3.10. The molecular weight excluding hydrogens is 292 g/mol. The highest BCUT2D eigenvalue weighted by Crippen LogP contribution is 2.42. The highest BCUT2D eigenvalue weighted by atomic mass is 16.3. The van der Waals surface area contributed by atoms with Crippen LogP contribution in [-0.2, 0) is 6.42 Å². The van der Waals surface area contributed by atoms with Crippen molar-refractivity contribution in [3.05, 3.63) is 97.1 Å². The molecule has 1 heteroatoms. The zero-order valence-corrected chi connectivity index (χ0v) is 13.6. The fourth-order valence-electron chi connectivity index (χ4n) is 3.10. The van der Waals surface area contributed by atoms with Gasteiger partial charge in [0.1, 0.15) is 5.75 Å². The van der Waals surface area contributed by atoms with Crippen LogP contribution in [0, 0.1) is 0 Å². The molecule has 0 saturated carbocycles. The highest BCUT2D eigenvalue weighted by Gasteiger charge is 2.18. The molecule has 3 rings (SSSR count). The molecule has 1 N–H and O–H groups in total. The summed E-state index contributed by atoms with van der Waals surface area (Å²) in [5.41, 5.74) is 6.12. The predicted molar refractivity (Wildman–Crippen MR) is 103 cm³/mol. The third-order valence-corrected chi connectivity index (χ3v) is 4.12. The van der Waals surface area contributed by atoms with Crippen LogP contribution >= 0.6 is 0 Å². The van der Waals surface area contributed by atoms with Gasteiger partial charge in [-0.05, 0) is 34.7 Å².